The molecule has 3 atom stereocenters. The SMILES string of the molecule is CC1C(=O)N(C(=O)[C@H](C)NC(=O)C2CCOC2)c2cccc(N)c2-c2ccccc21. The Hall–Kier alpha value is -3.19. The Morgan fingerprint density at radius 3 is 2.70 bits per heavy atom. The number of imide groups is 1. The number of fused-ring (bicyclic) bond motifs is 3. The van der Waals surface area contributed by atoms with E-state index in [1.807, 2.05) is 24.3 Å². The van der Waals surface area contributed by atoms with E-state index in [1.165, 1.54) is 4.90 Å². The summed E-state index contributed by atoms with van der Waals surface area (Å²) in [5.74, 6) is -1.88. The number of nitrogens with two attached hydrogens (primary N) is 1. The Bertz CT molecular complexity index is 1010. The van der Waals surface area contributed by atoms with Crippen LogP contribution in [-0.2, 0) is 19.1 Å². The first-order chi connectivity index (χ1) is 14.4. The first kappa shape index (κ1) is 20.1. The number of nitrogen functional groups attached to an aromatic ring is 1. The molecule has 0 aromatic heterocycles. The molecule has 3 N–H and O–H groups in total. The van der Waals surface area contributed by atoms with Crippen molar-refractivity contribution >= 4 is 29.1 Å². The third-order valence-electron chi connectivity index (χ3n) is 5.85. The quantitative estimate of drug-likeness (QED) is 0.761. The Balaban J connectivity index is 1.73. The van der Waals surface area contributed by atoms with E-state index >= 15 is 0 Å². The number of nitrogens with one attached hydrogen (secondary N) is 1. The maximum absolute atomic E-state index is 13.4. The Morgan fingerprint density at radius 2 is 1.97 bits per heavy atom. The van der Waals surface area contributed by atoms with Gasteiger partial charge < -0.3 is 15.8 Å². The second-order valence-corrected chi connectivity index (χ2v) is 7.85. The number of hydrogen-bond acceptors (Lipinski definition) is 5. The zero-order valence-electron chi connectivity index (χ0n) is 17.1. The van der Waals surface area contributed by atoms with Gasteiger partial charge in [0.15, 0.2) is 0 Å². The summed E-state index contributed by atoms with van der Waals surface area (Å²) in [5, 5.41) is 2.75. The molecule has 7 heteroatoms. The molecule has 2 aliphatic heterocycles. The maximum atomic E-state index is 13.4. The molecule has 2 aromatic carbocycles. The highest BCUT2D eigenvalue weighted by molar-refractivity contribution is 6.22. The molecule has 2 aliphatic rings. The Labute approximate surface area is 175 Å². The van der Waals surface area contributed by atoms with E-state index in [-0.39, 0.29) is 17.7 Å². The monoisotopic (exact) mass is 407 g/mol. The molecule has 0 aliphatic carbocycles. The van der Waals surface area contributed by atoms with Gasteiger partial charge in [-0.25, -0.2) is 4.90 Å². The van der Waals surface area contributed by atoms with Crippen LogP contribution in [0, 0.1) is 5.92 Å². The van der Waals surface area contributed by atoms with Gasteiger partial charge in [0.05, 0.1) is 24.1 Å². The van der Waals surface area contributed by atoms with Crippen LogP contribution in [0.3, 0.4) is 0 Å². The first-order valence-electron chi connectivity index (χ1n) is 10.1. The van der Waals surface area contributed by atoms with Gasteiger partial charge in [-0.15, -0.1) is 0 Å². The Morgan fingerprint density at radius 1 is 1.20 bits per heavy atom. The highest BCUT2D eigenvalue weighted by Crippen LogP contribution is 2.44. The summed E-state index contributed by atoms with van der Waals surface area (Å²) in [6, 6.07) is 11.9. The second kappa shape index (κ2) is 7.91. The number of rotatable bonds is 3. The molecular formula is C23H25N3O4. The molecule has 2 unspecified atom stereocenters. The number of anilines is 2. The lowest BCUT2D eigenvalue weighted by atomic mass is 9.92. The zero-order chi connectivity index (χ0) is 21.4. The summed E-state index contributed by atoms with van der Waals surface area (Å²) in [5.41, 5.74) is 9.51. The summed E-state index contributed by atoms with van der Waals surface area (Å²) in [6.07, 6.45) is 0.626. The molecule has 2 aromatic rings. The zero-order valence-corrected chi connectivity index (χ0v) is 17.1. The van der Waals surface area contributed by atoms with Gasteiger partial charge in [0.25, 0.3) is 5.91 Å². The summed E-state index contributed by atoms with van der Waals surface area (Å²) < 4.78 is 5.26. The van der Waals surface area contributed by atoms with Crippen molar-refractivity contribution in [1.82, 2.24) is 5.32 Å². The molecule has 4 rings (SSSR count). The van der Waals surface area contributed by atoms with Crippen LogP contribution < -0.4 is 16.0 Å². The first-order valence-corrected chi connectivity index (χ1v) is 10.1. The summed E-state index contributed by atoms with van der Waals surface area (Å²) in [6.45, 7) is 4.26. The fourth-order valence-electron chi connectivity index (χ4n) is 4.14. The van der Waals surface area contributed by atoms with E-state index in [0.29, 0.717) is 36.6 Å². The molecule has 3 amide bonds. The van der Waals surface area contributed by atoms with Gasteiger partial charge in [0.2, 0.25) is 11.8 Å². The number of benzene rings is 2. The van der Waals surface area contributed by atoms with Gasteiger partial charge in [-0.1, -0.05) is 30.3 Å². The van der Waals surface area contributed by atoms with Crippen LogP contribution in [0.15, 0.2) is 42.5 Å². The van der Waals surface area contributed by atoms with Crippen molar-refractivity contribution in [3.8, 4) is 11.1 Å². The highest BCUT2D eigenvalue weighted by Gasteiger charge is 2.38. The molecule has 0 radical (unpaired) electrons. The molecular weight excluding hydrogens is 382 g/mol. The molecule has 0 spiro atoms. The average molecular weight is 407 g/mol. The Kier molecular flexibility index (Phi) is 5.30. The molecule has 1 saturated heterocycles. The van der Waals surface area contributed by atoms with E-state index < -0.39 is 17.9 Å². The third-order valence-corrected chi connectivity index (χ3v) is 5.85. The predicted molar refractivity (Wildman–Crippen MR) is 114 cm³/mol. The van der Waals surface area contributed by atoms with Crippen molar-refractivity contribution in [3.05, 3.63) is 48.0 Å². The normalized spacial score (nSPS) is 21.4. The number of carbonyl (C=O) groups is 3. The van der Waals surface area contributed by atoms with Crippen LogP contribution in [0.4, 0.5) is 11.4 Å². The van der Waals surface area contributed by atoms with Crippen LogP contribution in [0.2, 0.25) is 0 Å². The molecule has 0 bridgehead atoms. The number of hydrogen-bond donors (Lipinski definition) is 2. The lowest BCUT2D eigenvalue weighted by Gasteiger charge is -2.27. The lowest BCUT2D eigenvalue weighted by Crippen LogP contribution is -2.51. The van der Waals surface area contributed by atoms with Crippen LogP contribution >= 0.6 is 0 Å². The average Bonchev–Trinajstić information content (AvgIpc) is 3.25. The van der Waals surface area contributed by atoms with Crippen LogP contribution in [0.5, 0.6) is 0 Å². The van der Waals surface area contributed by atoms with Crippen LogP contribution in [0.25, 0.3) is 11.1 Å². The van der Waals surface area contributed by atoms with Gasteiger partial charge in [-0.3, -0.25) is 14.4 Å². The topological polar surface area (TPSA) is 102 Å². The van der Waals surface area contributed by atoms with Crippen molar-refractivity contribution in [2.24, 2.45) is 5.92 Å². The molecule has 30 heavy (non-hydrogen) atoms. The van der Waals surface area contributed by atoms with Gasteiger partial charge in [-0.2, -0.15) is 0 Å². The lowest BCUT2D eigenvalue weighted by molar-refractivity contribution is -0.132. The summed E-state index contributed by atoms with van der Waals surface area (Å²) in [7, 11) is 0. The number of carbonyl (C=O) groups excluding carboxylic acids is 3. The van der Waals surface area contributed by atoms with Crippen LogP contribution in [-0.4, -0.2) is 37.0 Å². The van der Waals surface area contributed by atoms with Crippen molar-refractivity contribution in [2.75, 3.05) is 23.8 Å². The smallest absolute Gasteiger partial charge is 0.256 e. The fourth-order valence-corrected chi connectivity index (χ4v) is 4.14. The van der Waals surface area contributed by atoms with Gasteiger partial charge in [-0.05, 0) is 43.5 Å². The molecule has 156 valence electrons. The van der Waals surface area contributed by atoms with Crippen molar-refractivity contribution in [2.45, 2.75) is 32.2 Å². The minimum absolute atomic E-state index is 0.236. The van der Waals surface area contributed by atoms with Crippen molar-refractivity contribution in [1.29, 1.82) is 0 Å². The van der Waals surface area contributed by atoms with Gasteiger partial charge in [0, 0.05) is 17.9 Å². The second-order valence-electron chi connectivity index (χ2n) is 7.85. The number of amides is 3. The number of nitrogens with zero attached hydrogens (tertiary/aromatic N) is 1. The van der Waals surface area contributed by atoms with Crippen molar-refractivity contribution < 1.29 is 19.1 Å². The maximum Gasteiger partial charge on any atom is 0.256 e. The van der Waals surface area contributed by atoms with E-state index in [9.17, 15) is 14.4 Å². The van der Waals surface area contributed by atoms with E-state index in [4.69, 9.17) is 10.5 Å². The van der Waals surface area contributed by atoms with Gasteiger partial charge >= 0.3 is 0 Å². The minimum Gasteiger partial charge on any atom is -0.398 e. The predicted octanol–water partition coefficient (Wildman–Crippen LogP) is 2.45. The van der Waals surface area contributed by atoms with Crippen molar-refractivity contribution in [3.63, 3.8) is 0 Å². The highest BCUT2D eigenvalue weighted by atomic mass is 16.5. The van der Waals surface area contributed by atoms with Gasteiger partial charge in [0.1, 0.15) is 6.04 Å². The molecule has 0 saturated carbocycles. The number of ether oxygens (including phenoxy) is 1. The summed E-state index contributed by atoms with van der Waals surface area (Å²) >= 11 is 0. The van der Waals surface area contributed by atoms with E-state index in [2.05, 4.69) is 5.32 Å². The van der Waals surface area contributed by atoms with E-state index in [0.717, 1.165) is 11.1 Å². The summed E-state index contributed by atoms with van der Waals surface area (Å²) in [4.78, 5) is 40.4. The molecule has 1 fully saturated rings. The van der Waals surface area contributed by atoms with Crippen LogP contribution in [0.1, 0.15) is 31.7 Å². The fraction of sp³-hybridized carbons (Fsp3) is 0.348. The molecule has 7 nitrogen and oxygen atoms in total. The third kappa shape index (κ3) is 3.35. The largest absolute Gasteiger partial charge is 0.398 e. The van der Waals surface area contributed by atoms with E-state index in [1.54, 1.807) is 32.0 Å². The standard InChI is InChI=1S/C23H25N3O4/c1-13-16-6-3-4-7-17(16)20-18(24)8-5-9-19(20)26(22(13)28)23(29)14(2)25-21(27)15-10-11-30-12-15/h3-9,13-15H,10-12,24H2,1-2H3,(H,25,27)/t13?,14-,15?/m0/s1. The molecule has 2 heterocycles. The minimum atomic E-state index is -0.871.